The molecule has 0 saturated carbocycles. The molecule has 1 amide bonds. The number of nitrogens with two attached hydrogens (primary N) is 1. The van der Waals surface area contributed by atoms with Crippen LogP contribution in [0.4, 0.5) is 0 Å². The number of halogens is 1. The van der Waals surface area contributed by atoms with E-state index in [1.807, 2.05) is 17.5 Å². The molecule has 3 heterocycles. The Kier molecular flexibility index (Phi) is 6.79. The van der Waals surface area contributed by atoms with Gasteiger partial charge in [0.15, 0.2) is 0 Å². The van der Waals surface area contributed by atoms with E-state index in [0.717, 1.165) is 47.5 Å². The molecule has 4 rings (SSSR count). The number of rotatable bonds is 5. The van der Waals surface area contributed by atoms with E-state index in [4.69, 9.17) is 5.73 Å². The fourth-order valence-corrected chi connectivity index (χ4v) is 6.41. The number of nitrogens with one attached hydrogen (secondary N) is 2. The van der Waals surface area contributed by atoms with E-state index in [2.05, 4.69) is 16.7 Å². The third-order valence-corrected chi connectivity index (χ3v) is 7.97. The minimum atomic E-state index is -0.582. The van der Waals surface area contributed by atoms with Crippen molar-refractivity contribution in [2.45, 2.75) is 50.1 Å². The average molecular weight is 437 g/mol. The van der Waals surface area contributed by atoms with Gasteiger partial charge in [-0.05, 0) is 55.7 Å². The first kappa shape index (κ1) is 21.3. The van der Waals surface area contributed by atoms with Crippen LogP contribution in [0.2, 0.25) is 0 Å². The Labute approximate surface area is 179 Å². The second kappa shape index (κ2) is 8.93. The lowest BCUT2D eigenvalue weighted by Crippen LogP contribution is -2.53. The fourth-order valence-electron chi connectivity index (χ4n) is 4.14. The molecule has 1 saturated heterocycles. The van der Waals surface area contributed by atoms with Crippen LogP contribution in [-0.4, -0.2) is 25.0 Å². The lowest BCUT2D eigenvalue weighted by Gasteiger charge is -2.30. The smallest absolute Gasteiger partial charge is 0.238 e. The number of nitrogens with zero attached hydrogens (tertiary/aromatic N) is 1. The summed E-state index contributed by atoms with van der Waals surface area (Å²) in [6, 6.07) is 5.84. The first-order valence-corrected chi connectivity index (χ1v) is 11.2. The summed E-state index contributed by atoms with van der Waals surface area (Å²) in [6.07, 6.45) is 5.67. The van der Waals surface area contributed by atoms with Crippen LogP contribution in [0.5, 0.6) is 0 Å². The van der Waals surface area contributed by atoms with Crippen LogP contribution in [0.25, 0.3) is 0 Å². The summed E-state index contributed by atoms with van der Waals surface area (Å²) in [6.45, 7) is 1.48. The van der Waals surface area contributed by atoms with Gasteiger partial charge in [0.25, 0.3) is 0 Å². The Morgan fingerprint density at radius 2 is 2.25 bits per heavy atom. The van der Waals surface area contributed by atoms with Crippen LogP contribution in [0.1, 0.15) is 45.0 Å². The molecule has 0 spiro atoms. The molecule has 8 heteroatoms. The van der Waals surface area contributed by atoms with Crippen LogP contribution >= 0.6 is 35.1 Å². The lowest BCUT2D eigenvalue weighted by atomic mass is 9.88. The first-order valence-electron chi connectivity index (χ1n) is 9.49. The molecular weight excluding hydrogens is 412 g/mol. The van der Waals surface area contributed by atoms with E-state index < -0.39 is 11.6 Å². The van der Waals surface area contributed by atoms with Crippen molar-refractivity contribution >= 4 is 41.0 Å². The molecule has 1 aliphatic carbocycles. The number of hydrogen-bond donors (Lipinski definition) is 3. The van der Waals surface area contributed by atoms with Gasteiger partial charge >= 0.3 is 0 Å². The Morgan fingerprint density at radius 1 is 1.43 bits per heavy atom. The van der Waals surface area contributed by atoms with Gasteiger partial charge < -0.3 is 16.4 Å². The number of aryl methyl sites for hydroxylation is 1. The van der Waals surface area contributed by atoms with Gasteiger partial charge in [0, 0.05) is 27.6 Å². The van der Waals surface area contributed by atoms with Crippen molar-refractivity contribution in [1.29, 1.82) is 5.26 Å². The van der Waals surface area contributed by atoms with Gasteiger partial charge in [-0.25, -0.2) is 0 Å². The van der Waals surface area contributed by atoms with E-state index in [0.29, 0.717) is 13.0 Å². The van der Waals surface area contributed by atoms with Crippen molar-refractivity contribution in [3.63, 3.8) is 0 Å². The maximum atomic E-state index is 12.9. The summed E-state index contributed by atoms with van der Waals surface area (Å²) in [5.74, 6) is -0.137. The predicted molar refractivity (Wildman–Crippen MR) is 116 cm³/mol. The highest BCUT2D eigenvalue weighted by Gasteiger charge is 2.42. The maximum absolute atomic E-state index is 12.9. The molecule has 150 valence electrons. The van der Waals surface area contributed by atoms with Gasteiger partial charge in [0.1, 0.15) is 6.07 Å². The maximum Gasteiger partial charge on any atom is 0.238 e. The van der Waals surface area contributed by atoms with Crippen LogP contribution in [0.3, 0.4) is 0 Å². The van der Waals surface area contributed by atoms with Crippen molar-refractivity contribution in [1.82, 2.24) is 10.6 Å². The Hall–Kier alpha value is -1.43. The minimum absolute atomic E-state index is 0. The third kappa shape index (κ3) is 3.98. The summed E-state index contributed by atoms with van der Waals surface area (Å²) in [4.78, 5) is 16.4. The first-order chi connectivity index (χ1) is 13.1. The van der Waals surface area contributed by atoms with Crippen molar-refractivity contribution < 1.29 is 4.79 Å². The van der Waals surface area contributed by atoms with E-state index in [9.17, 15) is 10.1 Å². The summed E-state index contributed by atoms with van der Waals surface area (Å²) in [5, 5.41) is 18.5. The SMILES string of the molecule is Cl.N#Cc1c([C@]2(NC(=O)[C@@H](N)Cc3cccs3)CCNC2)sc2c1CCCC2. The van der Waals surface area contributed by atoms with Gasteiger partial charge in [-0.1, -0.05) is 6.07 Å². The van der Waals surface area contributed by atoms with Crippen molar-refractivity contribution in [2.75, 3.05) is 13.1 Å². The van der Waals surface area contributed by atoms with Gasteiger partial charge in [0.2, 0.25) is 5.91 Å². The summed E-state index contributed by atoms with van der Waals surface area (Å²) in [5.41, 5.74) is 7.70. The lowest BCUT2D eigenvalue weighted by molar-refractivity contribution is -0.124. The number of fused-ring (bicyclic) bond motifs is 1. The Balaban J connectivity index is 0.00000225. The fraction of sp³-hybridized carbons (Fsp3) is 0.500. The van der Waals surface area contributed by atoms with Crippen molar-refractivity contribution in [2.24, 2.45) is 5.73 Å². The van der Waals surface area contributed by atoms with Crippen molar-refractivity contribution in [3.8, 4) is 6.07 Å². The highest BCUT2D eigenvalue weighted by Crippen LogP contribution is 2.42. The monoisotopic (exact) mass is 436 g/mol. The molecule has 0 unspecified atom stereocenters. The molecular formula is C20H25ClN4OS2. The van der Waals surface area contributed by atoms with E-state index in [-0.39, 0.29) is 18.3 Å². The molecule has 1 fully saturated rings. The average Bonchev–Trinajstić information content (AvgIpc) is 3.41. The summed E-state index contributed by atoms with van der Waals surface area (Å²) in [7, 11) is 0. The molecule has 1 aliphatic heterocycles. The Bertz CT molecular complexity index is 866. The number of thiophene rings is 2. The molecule has 2 atom stereocenters. The van der Waals surface area contributed by atoms with Gasteiger partial charge in [-0.3, -0.25) is 4.79 Å². The number of amides is 1. The summed E-state index contributed by atoms with van der Waals surface area (Å²) >= 11 is 3.34. The van der Waals surface area contributed by atoms with E-state index in [1.165, 1.54) is 16.9 Å². The van der Waals surface area contributed by atoms with Gasteiger partial charge in [-0.2, -0.15) is 5.26 Å². The molecule has 28 heavy (non-hydrogen) atoms. The molecule has 2 aromatic heterocycles. The molecule has 4 N–H and O–H groups in total. The van der Waals surface area contributed by atoms with Crippen LogP contribution in [0, 0.1) is 11.3 Å². The van der Waals surface area contributed by atoms with Gasteiger partial charge in [-0.15, -0.1) is 35.1 Å². The minimum Gasteiger partial charge on any atom is -0.343 e. The topological polar surface area (TPSA) is 90.9 Å². The summed E-state index contributed by atoms with van der Waals surface area (Å²) < 4.78 is 0. The quantitative estimate of drug-likeness (QED) is 0.672. The van der Waals surface area contributed by atoms with Gasteiger partial charge in [0.05, 0.1) is 17.1 Å². The molecule has 0 radical (unpaired) electrons. The zero-order valence-electron chi connectivity index (χ0n) is 15.6. The highest BCUT2D eigenvalue weighted by atomic mass is 35.5. The highest BCUT2D eigenvalue weighted by molar-refractivity contribution is 7.12. The number of carbonyl (C=O) groups excluding carboxylic acids is 1. The third-order valence-electron chi connectivity index (χ3n) is 5.57. The molecule has 5 nitrogen and oxygen atoms in total. The molecule has 2 aliphatic rings. The van der Waals surface area contributed by atoms with E-state index >= 15 is 0 Å². The standard InChI is InChI=1S/C20H24N4OS2.ClH/c21-11-15-14-5-1-2-6-17(14)27-18(15)20(7-8-23-12-20)24-19(25)16(22)10-13-4-3-9-26-13;/h3-4,9,16,23H,1-2,5-8,10,12,22H2,(H,24,25);1H/t16-,20-;/m0./s1. The second-order valence-electron chi connectivity index (χ2n) is 7.41. The zero-order valence-corrected chi connectivity index (χ0v) is 18.1. The normalized spacial score (nSPS) is 22.0. The number of hydrogen-bond acceptors (Lipinski definition) is 6. The van der Waals surface area contributed by atoms with E-state index in [1.54, 1.807) is 22.7 Å². The van der Waals surface area contributed by atoms with Crippen LogP contribution in [0.15, 0.2) is 17.5 Å². The van der Waals surface area contributed by atoms with Crippen molar-refractivity contribution in [3.05, 3.63) is 43.3 Å². The second-order valence-corrected chi connectivity index (χ2v) is 9.55. The zero-order chi connectivity index (χ0) is 18.9. The molecule has 2 aromatic rings. The predicted octanol–water partition coefficient (Wildman–Crippen LogP) is 2.86. The number of nitriles is 1. The number of carbonyl (C=O) groups is 1. The molecule has 0 aromatic carbocycles. The van der Waals surface area contributed by atoms with Crippen LogP contribution in [-0.2, 0) is 29.6 Å². The molecule has 0 bridgehead atoms. The van der Waals surface area contributed by atoms with Crippen LogP contribution < -0.4 is 16.4 Å². The Morgan fingerprint density at radius 3 is 2.93 bits per heavy atom. The largest absolute Gasteiger partial charge is 0.343 e.